The molecule has 0 radical (unpaired) electrons. The minimum absolute atomic E-state index is 0.0280. The van der Waals surface area contributed by atoms with Gasteiger partial charge in [0, 0.05) is 49.6 Å². The number of carbonyl (C=O) groups excluding carboxylic acids is 1. The largest absolute Gasteiger partial charge is 0.461 e. The molecule has 0 spiro atoms. The van der Waals surface area contributed by atoms with Gasteiger partial charge in [0.05, 0.1) is 52.5 Å². The van der Waals surface area contributed by atoms with Crippen LogP contribution in [0.3, 0.4) is 0 Å². The molecule has 3 atom stereocenters. The molecule has 6 heterocycles. The van der Waals surface area contributed by atoms with Gasteiger partial charge in [-0.05, 0) is 51.8 Å². The number of carbonyl (C=O) groups is 1. The average Bonchev–Trinajstić information content (AvgIpc) is 3.67. The summed E-state index contributed by atoms with van der Waals surface area (Å²) in [4.78, 5) is 26.2. The number of aromatic nitrogens is 4. The van der Waals surface area contributed by atoms with Gasteiger partial charge >= 0.3 is 12.2 Å². The number of rotatable bonds is 7. The zero-order valence-corrected chi connectivity index (χ0v) is 28.4. The monoisotopic (exact) mass is 724 g/mol. The Morgan fingerprint density at radius 3 is 2.78 bits per heavy atom. The number of aryl methyl sites for hydroxylation is 1. The summed E-state index contributed by atoms with van der Waals surface area (Å²) in [5.41, 5.74) is 4.41. The van der Waals surface area contributed by atoms with Crippen molar-refractivity contribution in [1.82, 2.24) is 30.0 Å². The van der Waals surface area contributed by atoms with Crippen LogP contribution in [0.5, 0.6) is 6.01 Å². The first kappa shape index (κ1) is 34.7. The van der Waals surface area contributed by atoms with Crippen LogP contribution in [0.25, 0.3) is 0 Å². The Bertz CT molecular complexity index is 1810. The molecule has 4 aliphatic heterocycles. The highest BCUT2D eigenvalue weighted by Crippen LogP contribution is 2.46. The van der Waals surface area contributed by atoms with Gasteiger partial charge in [0.1, 0.15) is 18.6 Å². The fraction of sp³-hybridized carbons (Fsp3) is 0.576. The molecule has 2 saturated heterocycles. The summed E-state index contributed by atoms with van der Waals surface area (Å²) in [5, 5.41) is 6.63. The molecule has 0 bridgehead atoms. The molecule has 0 aliphatic carbocycles. The van der Waals surface area contributed by atoms with Gasteiger partial charge in [-0.2, -0.15) is 28.2 Å². The molecule has 3 aromatic rings. The van der Waals surface area contributed by atoms with E-state index in [0.29, 0.717) is 56.1 Å². The molecule has 50 heavy (non-hydrogen) atoms. The van der Waals surface area contributed by atoms with Crippen LogP contribution >= 0.6 is 11.6 Å². The number of benzene rings is 1. The minimum Gasteiger partial charge on any atom is -0.461 e. The van der Waals surface area contributed by atoms with Crippen molar-refractivity contribution in [2.75, 3.05) is 36.9 Å². The van der Waals surface area contributed by atoms with E-state index in [4.69, 9.17) is 31.8 Å². The Kier molecular flexibility index (Phi) is 9.08. The zero-order valence-electron chi connectivity index (χ0n) is 27.6. The van der Waals surface area contributed by atoms with Crippen molar-refractivity contribution >= 4 is 29.0 Å². The molecule has 17 heteroatoms. The summed E-state index contributed by atoms with van der Waals surface area (Å²) in [6.07, 6.45) is -5.04. The third-order valence-electron chi connectivity index (χ3n) is 9.94. The van der Waals surface area contributed by atoms with Crippen molar-refractivity contribution in [1.29, 1.82) is 0 Å². The smallest absolute Gasteiger partial charge is 0.418 e. The Morgan fingerprint density at radius 2 is 2.02 bits per heavy atom. The number of ether oxygens (including phenoxy) is 2. The van der Waals surface area contributed by atoms with Crippen LogP contribution in [-0.2, 0) is 37.0 Å². The van der Waals surface area contributed by atoms with Crippen LogP contribution in [0, 0.1) is 5.82 Å². The standard InChI is InChI=1S/C33H38ClF5N8O3/c1-17(2)41-30(48)24-9-19-14-45(6-4-8-47(19)44-24)29-20-15-49-25(26-27(33(37,38)39)21(34)10-22(40)28(26)36)11-23(20)42-31(43-29)50-16-32-5-3-7-46(32)13-18(35)12-32/h9-10,17-18,25H,3-8,11-16,40H2,1-2H3,(H,41,48)/t18-,25?,32+/m1/s1. The van der Waals surface area contributed by atoms with Gasteiger partial charge in [-0.1, -0.05) is 11.6 Å². The quantitative estimate of drug-likeness (QED) is 0.244. The summed E-state index contributed by atoms with van der Waals surface area (Å²) in [6, 6.07) is 2.36. The summed E-state index contributed by atoms with van der Waals surface area (Å²) >= 11 is 5.99. The van der Waals surface area contributed by atoms with Crippen LogP contribution in [0.4, 0.5) is 33.5 Å². The number of nitrogens with zero attached hydrogens (tertiary/aromatic N) is 6. The molecule has 1 aromatic carbocycles. The van der Waals surface area contributed by atoms with E-state index in [1.807, 2.05) is 18.7 Å². The van der Waals surface area contributed by atoms with Gasteiger partial charge in [0.25, 0.3) is 5.91 Å². The van der Waals surface area contributed by atoms with E-state index in [0.717, 1.165) is 31.1 Å². The first-order valence-corrected chi connectivity index (χ1v) is 17.1. The van der Waals surface area contributed by atoms with E-state index in [1.54, 1.807) is 10.7 Å². The van der Waals surface area contributed by atoms with E-state index < -0.39 is 51.6 Å². The van der Waals surface area contributed by atoms with Crippen LogP contribution < -0.4 is 20.7 Å². The molecule has 0 saturated carbocycles. The fourth-order valence-corrected chi connectivity index (χ4v) is 8.06. The Labute approximate surface area is 290 Å². The lowest BCUT2D eigenvalue weighted by Gasteiger charge is -2.33. The van der Waals surface area contributed by atoms with Crippen molar-refractivity contribution in [2.45, 2.75) is 95.7 Å². The summed E-state index contributed by atoms with van der Waals surface area (Å²) in [7, 11) is 0. The molecule has 3 N–H and O–H groups in total. The number of hydrogen-bond donors (Lipinski definition) is 2. The molecular formula is C33H38ClF5N8O3. The SMILES string of the molecule is CC(C)NC(=O)c1cc2n(n1)CCCN(c1nc(OC[C@@]34CCCN3C[C@H](F)C4)nc3c1COC(c1c(F)c(N)cc(Cl)c1C(F)(F)F)C3)C2. The topological polar surface area (TPSA) is 124 Å². The van der Waals surface area contributed by atoms with Gasteiger partial charge in [0.2, 0.25) is 0 Å². The van der Waals surface area contributed by atoms with Crippen LogP contribution in [-0.4, -0.2) is 74.5 Å². The van der Waals surface area contributed by atoms with Crippen molar-refractivity contribution in [2.24, 2.45) is 0 Å². The Morgan fingerprint density at radius 1 is 1.22 bits per heavy atom. The highest BCUT2D eigenvalue weighted by Gasteiger charge is 2.49. The van der Waals surface area contributed by atoms with E-state index in [2.05, 4.69) is 20.3 Å². The van der Waals surface area contributed by atoms with Crippen LogP contribution in [0.15, 0.2) is 12.1 Å². The first-order valence-electron chi connectivity index (χ1n) is 16.7. The van der Waals surface area contributed by atoms with E-state index >= 15 is 4.39 Å². The number of amides is 1. The summed E-state index contributed by atoms with van der Waals surface area (Å²) < 4.78 is 86.6. The third-order valence-corrected chi connectivity index (χ3v) is 10.2. The summed E-state index contributed by atoms with van der Waals surface area (Å²) in [6.45, 7) is 6.04. The van der Waals surface area contributed by atoms with Crippen molar-refractivity contribution < 1.29 is 36.2 Å². The van der Waals surface area contributed by atoms with E-state index in [-0.39, 0.29) is 43.3 Å². The predicted molar refractivity (Wildman–Crippen MR) is 173 cm³/mol. The normalized spacial score (nSPS) is 23.8. The number of nitrogen functional groups attached to an aromatic ring is 1. The van der Waals surface area contributed by atoms with Gasteiger partial charge in [-0.25, -0.2) is 8.78 Å². The van der Waals surface area contributed by atoms with Crippen LogP contribution in [0.2, 0.25) is 5.02 Å². The predicted octanol–water partition coefficient (Wildman–Crippen LogP) is 5.38. The molecule has 2 fully saturated rings. The van der Waals surface area contributed by atoms with Crippen molar-refractivity contribution in [3.8, 4) is 6.01 Å². The van der Waals surface area contributed by atoms with Gasteiger partial charge < -0.3 is 25.4 Å². The number of alkyl halides is 4. The lowest BCUT2D eigenvalue weighted by atomic mass is 9.93. The lowest BCUT2D eigenvalue weighted by Crippen LogP contribution is -2.43. The van der Waals surface area contributed by atoms with E-state index in [1.165, 1.54) is 0 Å². The molecule has 1 unspecified atom stereocenters. The molecule has 4 aliphatic rings. The second-order valence-electron chi connectivity index (χ2n) is 13.8. The van der Waals surface area contributed by atoms with Crippen LogP contribution in [0.1, 0.15) is 84.2 Å². The maximum Gasteiger partial charge on any atom is 0.418 e. The maximum atomic E-state index is 15.4. The molecule has 2 aromatic heterocycles. The molecular weight excluding hydrogens is 687 g/mol. The molecule has 1 amide bonds. The molecule has 7 rings (SSSR count). The van der Waals surface area contributed by atoms with Gasteiger partial charge in [-0.3, -0.25) is 14.4 Å². The fourth-order valence-electron chi connectivity index (χ4n) is 7.74. The number of nitrogens with two attached hydrogens (primary N) is 1. The zero-order chi connectivity index (χ0) is 35.5. The van der Waals surface area contributed by atoms with Crippen molar-refractivity contribution in [3.05, 3.63) is 56.7 Å². The second kappa shape index (κ2) is 13.1. The second-order valence-corrected chi connectivity index (χ2v) is 14.2. The number of fused-ring (bicyclic) bond motifs is 3. The number of hydrogen-bond acceptors (Lipinski definition) is 9. The highest BCUT2D eigenvalue weighted by atomic mass is 35.5. The molecule has 270 valence electrons. The number of anilines is 2. The molecule has 11 nitrogen and oxygen atoms in total. The first-order chi connectivity index (χ1) is 23.7. The minimum atomic E-state index is -4.99. The van der Waals surface area contributed by atoms with Gasteiger partial charge in [-0.15, -0.1) is 0 Å². The number of halogens is 6. The van der Waals surface area contributed by atoms with E-state index in [9.17, 15) is 22.4 Å². The Balaban J connectivity index is 1.26. The number of nitrogens with one attached hydrogen (secondary N) is 1. The third kappa shape index (κ3) is 6.45. The average molecular weight is 725 g/mol. The Hall–Kier alpha value is -3.76. The summed E-state index contributed by atoms with van der Waals surface area (Å²) in [5.74, 6) is -1.12. The maximum absolute atomic E-state index is 15.4. The highest BCUT2D eigenvalue weighted by molar-refractivity contribution is 6.31. The van der Waals surface area contributed by atoms with Gasteiger partial charge in [0.15, 0.2) is 11.5 Å². The lowest BCUT2D eigenvalue weighted by molar-refractivity contribution is -0.140. The van der Waals surface area contributed by atoms with Crippen molar-refractivity contribution in [3.63, 3.8) is 0 Å².